The lowest BCUT2D eigenvalue weighted by atomic mass is 9.87. The van der Waals surface area contributed by atoms with Gasteiger partial charge in [-0.25, -0.2) is 4.98 Å². The number of ether oxygens (including phenoxy) is 1. The van der Waals surface area contributed by atoms with Gasteiger partial charge in [0.1, 0.15) is 10.7 Å². The lowest BCUT2D eigenvalue weighted by Gasteiger charge is -2.19. The Bertz CT molecular complexity index is 598. The van der Waals surface area contributed by atoms with Crippen molar-refractivity contribution in [1.29, 1.82) is 0 Å². The highest BCUT2D eigenvalue weighted by atomic mass is 32.1. The minimum atomic E-state index is 0.134. The topological polar surface area (TPSA) is 48.1 Å². The summed E-state index contributed by atoms with van der Waals surface area (Å²) in [4.78, 5) is 4.51. The maximum atomic E-state index is 5.69. The number of hydrogen-bond donors (Lipinski definition) is 1. The van der Waals surface area contributed by atoms with E-state index in [2.05, 4.69) is 37.9 Å². The highest BCUT2D eigenvalue weighted by Gasteiger charge is 2.13. The molecule has 3 nitrogen and oxygen atoms in total. The standard InChI is InChI=1S/C16H18N2OS/c1-16(2,3)12-5-7-13(8-6-12)19-14-9-4-11(10-18-14)15(17)20/h4-10H,1-3H3,(H2,17,20). The van der Waals surface area contributed by atoms with E-state index in [-0.39, 0.29) is 5.41 Å². The third-order valence-electron chi connectivity index (χ3n) is 2.96. The van der Waals surface area contributed by atoms with E-state index in [1.165, 1.54) is 5.56 Å². The molecule has 2 N–H and O–H groups in total. The van der Waals surface area contributed by atoms with Gasteiger partial charge >= 0.3 is 0 Å². The molecule has 4 heteroatoms. The van der Waals surface area contributed by atoms with Crippen molar-refractivity contribution in [2.45, 2.75) is 26.2 Å². The fraction of sp³-hybridized carbons (Fsp3) is 0.250. The number of thiocarbonyl (C=S) groups is 1. The zero-order valence-electron chi connectivity index (χ0n) is 11.9. The predicted molar refractivity (Wildman–Crippen MR) is 85.3 cm³/mol. The van der Waals surface area contributed by atoms with Crippen LogP contribution in [0.3, 0.4) is 0 Å². The number of nitrogens with zero attached hydrogens (tertiary/aromatic N) is 1. The van der Waals surface area contributed by atoms with Gasteiger partial charge in [-0.1, -0.05) is 45.1 Å². The molecular formula is C16H18N2OS. The van der Waals surface area contributed by atoms with Crippen molar-refractivity contribution in [1.82, 2.24) is 4.98 Å². The summed E-state index contributed by atoms with van der Waals surface area (Å²) in [7, 11) is 0. The molecule has 0 aliphatic heterocycles. The van der Waals surface area contributed by atoms with Gasteiger partial charge in [-0.3, -0.25) is 0 Å². The highest BCUT2D eigenvalue weighted by Crippen LogP contribution is 2.26. The Kier molecular flexibility index (Phi) is 4.04. The van der Waals surface area contributed by atoms with E-state index in [1.807, 2.05) is 12.1 Å². The first-order valence-electron chi connectivity index (χ1n) is 6.40. The molecule has 0 saturated heterocycles. The maximum Gasteiger partial charge on any atom is 0.219 e. The molecule has 1 aromatic heterocycles. The van der Waals surface area contributed by atoms with Gasteiger partial charge in [0.15, 0.2) is 0 Å². The molecule has 2 rings (SSSR count). The van der Waals surface area contributed by atoms with Crippen LogP contribution in [0.1, 0.15) is 31.9 Å². The molecular weight excluding hydrogens is 268 g/mol. The monoisotopic (exact) mass is 286 g/mol. The Hall–Kier alpha value is -1.94. The maximum absolute atomic E-state index is 5.69. The van der Waals surface area contributed by atoms with Crippen molar-refractivity contribution in [2.75, 3.05) is 0 Å². The van der Waals surface area contributed by atoms with E-state index >= 15 is 0 Å². The van der Waals surface area contributed by atoms with Crippen LogP contribution < -0.4 is 10.5 Å². The summed E-state index contributed by atoms with van der Waals surface area (Å²) >= 11 is 4.88. The van der Waals surface area contributed by atoms with Crippen molar-refractivity contribution in [3.63, 3.8) is 0 Å². The zero-order chi connectivity index (χ0) is 14.8. The Morgan fingerprint density at radius 1 is 1.10 bits per heavy atom. The van der Waals surface area contributed by atoms with E-state index in [1.54, 1.807) is 18.3 Å². The average Bonchev–Trinajstić information content (AvgIpc) is 2.39. The van der Waals surface area contributed by atoms with Crippen molar-refractivity contribution < 1.29 is 4.74 Å². The summed E-state index contributed by atoms with van der Waals surface area (Å²) in [5.41, 5.74) is 7.66. The smallest absolute Gasteiger partial charge is 0.219 e. The predicted octanol–water partition coefficient (Wildman–Crippen LogP) is 3.81. The van der Waals surface area contributed by atoms with E-state index in [0.29, 0.717) is 10.9 Å². The first kappa shape index (κ1) is 14.5. The molecule has 0 aliphatic carbocycles. The Balaban J connectivity index is 2.12. The van der Waals surface area contributed by atoms with Crippen LogP contribution in [-0.4, -0.2) is 9.97 Å². The molecule has 0 amide bonds. The number of rotatable bonds is 3. The van der Waals surface area contributed by atoms with Crippen LogP contribution in [0.2, 0.25) is 0 Å². The molecule has 0 atom stereocenters. The summed E-state index contributed by atoms with van der Waals surface area (Å²) in [5.74, 6) is 1.28. The summed E-state index contributed by atoms with van der Waals surface area (Å²) in [6.07, 6.45) is 1.61. The molecule has 104 valence electrons. The summed E-state index contributed by atoms with van der Waals surface area (Å²) in [6.45, 7) is 6.54. The van der Waals surface area contributed by atoms with Crippen molar-refractivity contribution in [3.8, 4) is 11.6 Å². The normalized spacial score (nSPS) is 11.2. The second kappa shape index (κ2) is 5.59. The van der Waals surface area contributed by atoms with Gasteiger partial charge in [0, 0.05) is 17.8 Å². The number of benzene rings is 1. The van der Waals surface area contributed by atoms with E-state index in [4.69, 9.17) is 22.7 Å². The zero-order valence-corrected chi connectivity index (χ0v) is 12.7. The van der Waals surface area contributed by atoms with Gasteiger partial charge in [-0.05, 0) is 29.2 Å². The quantitative estimate of drug-likeness (QED) is 0.872. The largest absolute Gasteiger partial charge is 0.439 e. The Morgan fingerprint density at radius 3 is 2.20 bits per heavy atom. The van der Waals surface area contributed by atoms with Gasteiger partial charge in [-0.15, -0.1) is 0 Å². The fourth-order valence-electron chi connectivity index (χ4n) is 1.73. The first-order chi connectivity index (χ1) is 9.36. The molecule has 0 fully saturated rings. The summed E-state index contributed by atoms with van der Waals surface area (Å²) in [5, 5.41) is 0. The minimum Gasteiger partial charge on any atom is -0.439 e. The minimum absolute atomic E-state index is 0.134. The molecule has 20 heavy (non-hydrogen) atoms. The number of aromatic nitrogens is 1. The molecule has 0 saturated carbocycles. The van der Waals surface area contributed by atoms with Crippen molar-refractivity contribution in [3.05, 3.63) is 53.7 Å². The van der Waals surface area contributed by atoms with Crippen LogP contribution in [0.4, 0.5) is 0 Å². The molecule has 0 bridgehead atoms. The second-order valence-corrected chi connectivity index (χ2v) is 6.07. The molecule has 0 radical (unpaired) electrons. The third-order valence-corrected chi connectivity index (χ3v) is 3.20. The summed E-state index contributed by atoms with van der Waals surface area (Å²) in [6, 6.07) is 11.6. The number of hydrogen-bond acceptors (Lipinski definition) is 3. The van der Waals surface area contributed by atoms with Gasteiger partial charge in [0.05, 0.1) is 0 Å². The lowest BCUT2D eigenvalue weighted by molar-refractivity contribution is 0.462. The van der Waals surface area contributed by atoms with Crippen molar-refractivity contribution >= 4 is 17.2 Å². The molecule has 1 heterocycles. The van der Waals surface area contributed by atoms with Crippen LogP contribution in [0, 0.1) is 0 Å². The van der Waals surface area contributed by atoms with Crippen LogP contribution >= 0.6 is 12.2 Å². The number of nitrogens with two attached hydrogens (primary N) is 1. The van der Waals surface area contributed by atoms with E-state index in [0.717, 1.165) is 11.3 Å². The van der Waals surface area contributed by atoms with Gasteiger partial charge < -0.3 is 10.5 Å². The molecule has 2 aromatic rings. The third kappa shape index (κ3) is 3.54. The van der Waals surface area contributed by atoms with Gasteiger partial charge in [0.25, 0.3) is 0 Å². The molecule has 0 aliphatic rings. The van der Waals surface area contributed by atoms with Crippen LogP contribution in [0.5, 0.6) is 11.6 Å². The lowest BCUT2D eigenvalue weighted by Crippen LogP contribution is -2.10. The highest BCUT2D eigenvalue weighted by molar-refractivity contribution is 7.80. The summed E-state index contributed by atoms with van der Waals surface area (Å²) < 4.78 is 5.69. The van der Waals surface area contributed by atoms with Crippen LogP contribution in [-0.2, 0) is 5.41 Å². The molecule has 0 unspecified atom stereocenters. The van der Waals surface area contributed by atoms with E-state index in [9.17, 15) is 0 Å². The van der Waals surface area contributed by atoms with Crippen molar-refractivity contribution in [2.24, 2.45) is 5.73 Å². The average molecular weight is 286 g/mol. The SMILES string of the molecule is CC(C)(C)c1ccc(Oc2ccc(C(N)=S)cn2)cc1. The molecule has 1 aromatic carbocycles. The first-order valence-corrected chi connectivity index (χ1v) is 6.81. The van der Waals surface area contributed by atoms with Crippen LogP contribution in [0.25, 0.3) is 0 Å². The fourth-order valence-corrected chi connectivity index (χ4v) is 1.85. The Labute approximate surface area is 124 Å². The second-order valence-electron chi connectivity index (χ2n) is 5.63. The van der Waals surface area contributed by atoms with E-state index < -0.39 is 0 Å². The molecule has 0 spiro atoms. The van der Waals surface area contributed by atoms with Gasteiger partial charge in [-0.2, -0.15) is 0 Å². The Morgan fingerprint density at radius 2 is 1.75 bits per heavy atom. The van der Waals surface area contributed by atoms with Crippen LogP contribution in [0.15, 0.2) is 42.6 Å². The number of pyridine rings is 1. The van der Waals surface area contributed by atoms with Gasteiger partial charge in [0.2, 0.25) is 5.88 Å².